The molecule has 0 radical (unpaired) electrons. The van der Waals surface area contributed by atoms with Gasteiger partial charge in [-0.2, -0.15) is 0 Å². The largest absolute Gasteiger partial charge is 0.481 e. The Labute approximate surface area is 227 Å². The van der Waals surface area contributed by atoms with Gasteiger partial charge < -0.3 is 15.2 Å². The van der Waals surface area contributed by atoms with Crippen molar-refractivity contribution in [1.82, 2.24) is 5.32 Å². The van der Waals surface area contributed by atoms with Gasteiger partial charge in [-0.3, -0.25) is 4.79 Å². The zero-order valence-corrected chi connectivity index (χ0v) is 24.7. The van der Waals surface area contributed by atoms with Crippen LogP contribution in [0.2, 0.25) is 0 Å². The highest BCUT2D eigenvalue weighted by molar-refractivity contribution is 5.70. The molecule has 0 bridgehead atoms. The maximum absolute atomic E-state index is 10.5. The first-order valence-electron chi connectivity index (χ1n) is 14.4. The number of aryl methyl sites for hydroxylation is 1. The van der Waals surface area contributed by atoms with Crippen LogP contribution < -0.4 is 5.32 Å². The molecule has 3 atom stereocenters. The van der Waals surface area contributed by atoms with Crippen LogP contribution in [0, 0.1) is 24.7 Å². The number of benzene rings is 1. The molecule has 4 heteroatoms. The van der Waals surface area contributed by atoms with E-state index in [-0.39, 0.29) is 12.0 Å². The third-order valence-corrected chi connectivity index (χ3v) is 7.48. The van der Waals surface area contributed by atoms with E-state index < -0.39 is 5.97 Å². The number of nitrogens with one attached hydrogen (secondary N) is 1. The topological polar surface area (TPSA) is 58.6 Å². The van der Waals surface area contributed by atoms with Gasteiger partial charge in [-0.05, 0) is 88.5 Å². The fourth-order valence-electron chi connectivity index (χ4n) is 5.22. The van der Waals surface area contributed by atoms with Crippen LogP contribution in [0.5, 0.6) is 0 Å². The van der Waals surface area contributed by atoms with Crippen molar-refractivity contribution in [1.29, 1.82) is 0 Å². The van der Waals surface area contributed by atoms with Gasteiger partial charge in [-0.15, -0.1) is 0 Å². The van der Waals surface area contributed by atoms with E-state index in [1.165, 1.54) is 49.7 Å². The number of carboxylic acid groups (broad SMARTS) is 1. The van der Waals surface area contributed by atoms with Crippen LogP contribution in [0.4, 0.5) is 0 Å². The summed E-state index contributed by atoms with van der Waals surface area (Å²) in [4.78, 5) is 10.5. The lowest BCUT2D eigenvalue weighted by Crippen LogP contribution is -2.26. The van der Waals surface area contributed by atoms with Gasteiger partial charge in [0.15, 0.2) is 5.88 Å². The molecular formula is C33H53NO3. The minimum absolute atomic E-state index is 0.0521. The molecule has 1 aromatic rings. The molecule has 2 unspecified atom stereocenters. The van der Waals surface area contributed by atoms with Gasteiger partial charge in [-0.25, -0.2) is 0 Å². The van der Waals surface area contributed by atoms with Crippen molar-refractivity contribution < 1.29 is 14.6 Å². The summed E-state index contributed by atoms with van der Waals surface area (Å²) in [6, 6.07) is 8.55. The van der Waals surface area contributed by atoms with Crippen LogP contribution in [-0.4, -0.2) is 17.2 Å². The molecule has 0 aliphatic heterocycles. The maximum atomic E-state index is 10.5. The molecule has 2 N–H and O–H groups in total. The highest BCUT2D eigenvalue weighted by Crippen LogP contribution is 2.30. The molecule has 3 rings (SSSR count). The van der Waals surface area contributed by atoms with Crippen molar-refractivity contribution in [3.05, 3.63) is 65.7 Å². The van der Waals surface area contributed by atoms with E-state index in [0.29, 0.717) is 17.7 Å². The molecule has 0 heterocycles. The summed E-state index contributed by atoms with van der Waals surface area (Å²) in [6.07, 6.45) is 10.8. The average molecular weight is 512 g/mol. The van der Waals surface area contributed by atoms with E-state index in [9.17, 15) is 4.79 Å². The van der Waals surface area contributed by atoms with Gasteiger partial charge in [-0.1, -0.05) is 89.3 Å². The van der Waals surface area contributed by atoms with Crippen molar-refractivity contribution in [3.8, 4) is 0 Å². The predicted octanol–water partition coefficient (Wildman–Crippen LogP) is 9.27. The maximum Gasteiger partial charge on any atom is 0.306 e. The molecule has 2 saturated carbocycles. The minimum atomic E-state index is -0.605. The standard InChI is InChI=1S/C23H33NO.C8H14O2.C2H6/c1-16(2)23(18(4)21-14-12-17(3)13-15-21)24-20(6)25-19(5)22-10-8-7-9-11-22;1-6-3-2-4-7(5-6)8(9)10;1-2/h12-15,19,22,24H,1,6-11H2,2-5H3;6-7H,2-5H2,1H3,(H,9,10);1-2H3/b23-18-;;/t;6-,7?;/m.0./s1. The summed E-state index contributed by atoms with van der Waals surface area (Å²) in [5, 5.41) is 12.0. The molecule has 2 fully saturated rings. The molecule has 2 aliphatic carbocycles. The summed E-state index contributed by atoms with van der Waals surface area (Å²) in [6.45, 7) is 22.7. The number of carboxylic acids is 1. The van der Waals surface area contributed by atoms with Crippen LogP contribution in [0.25, 0.3) is 5.57 Å². The second-order valence-corrected chi connectivity index (χ2v) is 10.7. The van der Waals surface area contributed by atoms with E-state index in [4.69, 9.17) is 9.84 Å². The molecule has 1 aromatic carbocycles. The number of aliphatic carboxylic acids is 1. The summed E-state index contributed by atoms with van der Waals surface area (Å²) >= 11 is 0. The zero-order valence-electron chi connectivity index (χ0n) is 24.7. The third kappa shape index (κ3) is 11.6. The third-order valence-electron chi connectivity index (χ3n) is 7.48. The monoisotopic (exact) mass is 511 g/mol. The first-order chi connectivity index (χ1) is 17.6. The lowest BCUT2D eigenvalue weighted by Gasteiger charge is -2.29. The Morgan fingerprint density at radius 3 is 2.08 bits per heavy atom. The zero-order chi connectivity index (χ0) is 28.0. The number of carbonyl (C=O) groups is 1. The smallest absolute Gasteiger partial charge is 0.306 e. The van der Waals surface area contributed by atoms with Crippen molar-refractivity contribution in [3.63, 3.8) is 0 Å². The second kappa shape index (κ2) is 17.1. The Morgan fingerprint density at radius 2 is 1.59 bits per heavy atom. The quantitative estimate of drug-likeness (QED) is 0.270. The van der Waals surface area contributed by atoms with Crippen molar-refractivity contribution >= 4 is 11.5 Å². The highest BCUT2D eigenvalue weighted by atomic mass is 16.5. The fourth-order valence-corrected chi connectivity index (χ4v) is 5.22. The van der Waals surface area contributed by atoms with Crippen LogP contribution in [0.1, 0.15) is 110 Å². The summed E-state index contributed by atoms with van der Waals surface area (Å²) < 4.78 is 6.09. The van der Waals surface area contributed by atoms with Gasteiger partial charge in [0.1, 0.15) is 6.10 Å². The number of hydrogen-bond acceptors (Lipinski definition) is 3. The second-order valence-electron chi connectivity index (χ2n) is 10.7. The molecule has 0 saturated heterocycles. The predicted molar refractivity (Wildman–Crippen MR) is 158 cm³/mol. The SMILES string of the molecule is C=C(N/C(C(=C)C)=C(/C)c1ccc(C)cc1)OC(C)C1CCCCC1.CC.C[C@H]1CCCC(C(=O)O)C1. The van der Waals surface area contributed by atoms with Gasteiger partial charge in [0.25, 0.3) is 0 Å². The van der Waals surface area contributed by atoms with Gasteiger partial charge >= 0.3 is 5.97 Å². The lowest BCUT2D eigenvalue weighted by atomic mass is 9.83. The molecule has 0 aromatic heterocycles. The summed E-state index contributed by atoms with van der Waals surface area (Å²) in [5.41, 5.74) is 5.57. The Morgan fingerprint density at radius 1 is 1.00 bits per heavy atom. The number of ether oxygens (including phenoxy) is 1. The van der Waals surface area contributed by atoms with Crippen LogP contribution >= 0.6 is 0 Å². The number of hydrogen-bond donors (Lipinski definition) is 2. The van der Waals surface area contributed by atoms with Crippen LogP contribution in [0.3, 0.4) is 0 Å². The Balaban J connectivity index is 0.000000475. The Hall–Kier alpha value is -2.49. The summed E-state index contributed by atoms with van der Waals surface area (Å²) in [5.74, 6) is 1.22. The van der Waals surface area contributed by atoms with Crippen molar-refractivity contribution in [2.45, 2.75) is 112 Å². The molecule has 0 spiro atoms. The van der Waals surface area contributed by atoms with Gasteiger partial charge in [0, 0.05) is 5.70 Å². The summed E-state index contributed by atoms with van der Waals surface area (Å²) in [7, 11) is 0. The Kier molecular flexibility index (Phi) is 15.0. The average Bonchev–Trinajstić information content (AvgIpc) is 2.89. The first-order valence-corrected chi connectivity index (χ1v) is 14.4. The molecule has 4 nitrogen and oxygen atoms in total. The molecule has 2 aliphatic rings. The van der Waals surface area contributed by atoms with Crippen molar-refractivity contribution in [2.75, 3.05) is 0 Å². The number of rotatable bonds is 8. The lowest BCUT2D eigenvalue weighted by molar-refractivity contribution is -0.143. The van der Waals surface area contributed by atoms with E-state index in [0.717, 1.165) is 36.1 Å². The molecule has 0 amide bonds. The van der Waals surface area contributed by atoms with E-state index >= 15 is 0 Å². The first kappa shape index (κ1) is 32.5. The van der Waals surface area contributed by atoms with Crippen molar-refractivity contribution in [2.24, 2.45) is 17.8 Å². The van der Waals surface area contributed by atoms with Gasteiger partial charge in [0.2, 0.25) is 0 Å². The fraction of sp³-hybridized carbons (Fsp3) is 0.606. The molecule has 37 heavy (non-hydrogen) atoms. The minimum Gasteiger partial charge on any atom is -0.481 e. The van der Waals surface area contributed by atoms with E-state index in [1.807, 2.05) is 20.8 Å². The molecule has 208 valence electrons. The number of allylic oxidation sites excluding steroid dienone is 2. The van der Waals surface area contributed by atoms with Crippen LogP contribution in [0.15, 0.2) is 54.6 Å². The van der Waals surface area contributed by atoms with Crippen LogP contribution in [-0.2, 0) is 9.53 Å². The highest BCUT2D eigenvalue weighted by Gasteiger charge is 2.24. The van der Waals surface area contributed by atoms with E-state index in [2.05, 4.69) is 70.4 Å². The Bertz CT molecular complexity index is 877. The van der Waals surface area contributed by atoms with E-state index in [1.54, 1.807) is 0 Å². The van der Waals surface area contributed by atoms with Gasteiger partial charge in [0.05, 0.1) is 5.92 Å². The normalized spacial score (nSPS) is 21.1. The molecular weight excluding hydrogens is 458 g/mol.